The fourth-order valence-electron chi connectivity index (χ4n) is 4.73. The zero-order valence-corrected chi connectivity index (χ0v) is 17.6. The van der Waals surface area contributed by atoms with E-state index in [0.29, 0.717) is 0 Å². The maximum absolute atomic E-state index is 5.50. The summed E-state index contributed by atoms with van der Waals surface area (Å²) >= 11 is 0. The average molecular weight is 402 g/mol. The Bertz CT molecular complexity index is 1070. The number of hydrogen-bond donors (Lipinski definition) is 2. The predicted molar refractivity (Wildman–Crippen MR) is 124 cm³/mol. The summed E-state index contributed by atoms with van der Waals surface area (Å²) in [7, 11) is 0. The highest BCUT2D eigenvalue weighted by Gasteiger charge is 2.15. The molecule has 0 radical (unpaired) electrons. The second-order valence-electron chi connectivity index (χ2n) is 8.42. The minimum atomic E-state index is 0.870. The Kier molecular flexibility index (Phi) is 5.87. The van der Waals surface area contributed by atoms with Gasteiger partial charge in [-0.2, -0.15) is 0 Å². The van der Waals surface area contributed by atoms with Gasteiger partial charge >= 0.3 is 0 Å². The summed E-state index contributed by atoms with van der Waals surface area (Å²) in [4.78, 5) is 9.81. The quantitative estimate of drug-likeness (QED) is 0.404. The standard InChI is InChI=1S/C26H31N3O/c1-4-10-24-20(7-1)19-21(27-24)8-2-5-11-26-23(13-14-29-15-17-30-18-16-29)22-9-3-6-12-25(22)28-26/h1,3-4,6-7,9-10,12,19,27-28H,2,5,8,11,13-18H2. The number of aromatic nitrogens is 2. The molecule has 2 N–H and O–H groups in total. The van der Waals surface area contributed by atoms with E-state index in [4.69, 9.17) is 4.74 Å². The number of H-pyrrole nitrogens is 2. The van der Waals surface area contributed by atoms with Crippen molar-refractivity contribution in [2.24, 2.45) is 0 Å². The van der Waals surface area contributed by atoms with E-state index in [2.05, 4.69) is 69.5 Å². The molecule has 0 atom stereocenters. The largest absolute Gasteiger partial charge is 0.379 e. The Balaban J connectivity index is 1.22. The molecule has 1 aliphatic heterocycles. The van der Waals surface area contributed by atoms with Crippen LogP contribution in [0, 0.1) is 0 Å². The van der Waals surface area contributed by atoms with Crippen LogP contribution in [0.25, 0.3) is 21.8 Å². The van der Waals surface area contributed by atoms with Crippen LogP contribution in [0.3, 0.4) is 0 Å². The van der Waals surface area contributed by atoms with E-state index < -0.39 is 0 Å². The number of aromatic amines is 2. The number of nitrogens with one attached hydrogen (secondary N) is 2. The van der Waals surface area contributed by atoms with Gasteiger partial charge in [0.15, 0.2) is 0 Å². The van der Waals surface area contributed by atoms with Crippen LogP contribution in [0.15, 0.2) is 54.6 Å². The van der Waals surface area contributed by atoms with Crippen LogP contribution >= 0.6 is 0 Å². The van der Waals surface area contributed by atoms with E-state index in [1.165, 1.54) is 51.6 Å². The molecule has 2 aromatic heterocycles. The van der Waals surface area contributed by atoms with E-state index in [0.717, 1.165) is 52.1 Å². The van der Waals surface area contributed by atoms with Crippen molar-refractivity contribution in [3.05, 3.63) is 71.5 Å². The zero-order valence-electron chi connectivity index (χ0n) is 17.6. The molecular formula is C26H31N3O. The van der Waals surface area contributed by atoms with Crippen molar-refractivity contribution in [1.82, 2.24) is 14.9 Å². The summed E-state index contributed by atoms with van der Waals surface area (Å²) in [6, 6.07) is 19.6. The lowest BCUT2D eigenvalue weighted by Crippen LogP contribution is -2.37. The first-order chi connectivity index (χ1) is 14.9. The van der Waals surface area contributed by atoms with Gasteiger partial charge in [0.1, 0.15) is 0 Å². The third-order valence-electron chi connectivity index (χ3n) is 6.39. The molecule has 5 rings (SSSR count). The molecule has 0 aliphatic carbocycles. The fraction of sp³-hybridized carbons (Fsp3) is 0.385. The van der Waals surface area contributed by atoms with Crippen molar-refractivity contribution in [1.29, 1.82) is 0 Å². The second-order valence-corrected chi connectivity index (χ2v) is 8.42. The van der Waals surface area contributed by atoms with Gasteiger partial charge in [-0.3, -0.25) is 4.90 Å². The number of benzene rings is 2. The van der Waals surface area contributed by atoms with Gasteiger partial charge < -0.3 is 14.7 Å². The van der Waals surface area contributed by atoms with Gasteiger partial charge in [-0.15, -0.1) is 0 Å². The molecule has 1 saturated heterocycles. The lowest BCUT2D eigenvalue weighted by molar-refractivity contribution is 0.0384. The number of nitrogens with zero attached hydrogens (tertiary/aromatic N) is 1. The van der Waals surface area contributed by atoms with Crippen LogP contribution in [0.1, 0.15) is 29.8 Å². The van der Waals surface area contributed by atoms with Gasteiger partial charge in [0.25, 0.3) is 0 Å². The third-order valence-corrected chi connectivity index (χ3v) is 6.39. The van der Waals surface area contributed by atoms with Crippen LogP contribution in [0.4, 0.5) is 0 Å². The molecule has 4 nitrogen and oxygen atoms in total. The number of ether oxygens (including phenoxy) is 1. The number of fused-ring (bicyclic) bond motifs is 2. The predicted octanol–water partition coefficient (Wildman–Crippen LogP) is 5.09. The molecule has 0 saturated carbocycles. The summed E-state index contributed by atoms with van der Waals surface area (Å²) in [5.41, 5.74) is 6.82. The normalized spacial score (nSPS) is 15.3. The maximum Gasteiger partial charge on any atom is 0.0594 e. The van der Waals surface area contributed by atoms with Gasteiger partial charge in [-0.1, -0.05) is 36.4 Å². The van der Waals surface area contributed by atoms with Crippen molar-refractivity contribution >= 4 is 21.8 Å². The number of para-hydroxylation sites is 2. The van der Waals surface area contributed by atoms with E-state index in [-0.39, 0.29) is 0 Å². The molecular weight excluding hydrogens is 370 g/mol. The van der Waals surface area contributed by atoms with Gasteiger partial charge in [0.05, 0.1) is 13.2 Å². The molecule has 0 bridgehead atoms. The van der Waals surface area contributed by atoms with Gasteiger partial charge in [0.2, 0.25) is 0 Å². The number of rotatable bonds is 8. The van der Waals surface area contributed by atoms with Crippen molar-refractivity contribution in [3.63, 3.8) is 0 Å². The summed E-state index contributed by atoms with van der Waals surface area (Å²) in [6.07, 6.45) is 5.74. The molecule has 4 heteroatoms. The fourth-order valence-corrected chi connectivity index (χ4v) is 4.73. The number of hydrogen-bond acceptors (Lipinski definition) is 2. The lowest BCUT2D eigenvalue weighted by Gasteiger charge is -2.26. The van der Waals surface area contributed by atoms with E-state index in [9.17, 15) is 0 Å². The highest BCUT2D eigenvalue weighted by atomic mass is 16.5. The van der Waals surface area contributed by atoms with E-state index in [1.807, 2.05) is 0 Å². The molecule has 2 aromatic carbocycles. The molecule has 0 amide bonds. The molecule has 30 heavy (non-hydrogen) atoms. The van der Waals surface area contributed by atoms with Gasteiger partial charge in [-0.25, -0.2) is 0 Å². The van der Waals surface area contributed by atoms with Crippen LogP contribution in [-0.2, 0) is 24.0 Å². The number of aryl methyl sites for hydroxylation is 2. The summed E-state index contributed by atoms with van der Waals surface area (Å²) < 4.78 is 5.50. The first-order valence-corrected chi connectivity index (χ1v) is 11.3. The Hall–Kier alpha value is -2.56. The summed E-state index contributed by atoms with van der Waals surface area (Å²) in [5.74, 6) is 0. The second kappa shape index (κ2) is 9.07. The Morgan fingerprint density at radius 1 is 0.800 bits per heavy atom. The van der Waals surface area contributed by atoms with Crippen molar-refractivity contribution in [2.45, 2.75) is 32.1 Å². The first-order valence-electron chi connectivity index (χ1n) is 11.3. The molecule has 3 heterocycles. The summed E-state index contributed by atoms with van der Waals surface area (Å²) in [5, 5.41) is 2.71. The maximum atomic E-state index is 5.50. The van der Waals surface area contributed by atoms with Crippen LogP contribution in [0.5, 0.6) is 0 Å². The van der Waals surface area contributed by atoms with Crippen molar-refractivity contribution in [2.75, 3.05) is 32.8 Å². The van der Waals surface area contributed by atoms with Crippen LogP contribution in [0.2, 0.25) is 0 Å². The Labute approximate surface area is 178 Å². The number of unbranched alkanes of at least 4 members (excludes halogenated alkanes) is 1. The SMILES string of the molecule is c1ccc2[nH]c(CCCCc3[nH]c4ccccc4c3CCN3CCOCC3)cc2c1. The van der Waals surface area contributed by atoms with E-state index >= 15 is 0 Å². The van der Waals surface area contributed by atoms with E-state index in [1.54, 1.807) is 0 Å². The van der Waals surface area contributed by atoms with Gasteiger partial charge in [-0.05, 0) is 61.3 Å². The molecule has 0 spiro atoms. The Morgan fingerprint density at radius 3 is 2.43 bits per heavy atom. The van der Waals surface area contributed by atoms with Crippen LogP contribution in [-0.4, -0.2) is 47.7 Å². The molecule has 4 aromatic rings. The molecule has 156 valence electrons. The lowest BCUT2D eigenvalue weighted by atomic mass is 10.0. The highest BCUT2D eigenvalue weighted by Crippen LogP contribution is 2.25. The first kappa shape index (κ1) is 19.4. The molecule has 0 unspecified atom stereocenters. The minimum Gasteiger partial charge on any atom is -0.379 e. The average Bonchev–Trinajstić information content (AvgIpc) is 3.36. The zero-order chi connectivity index (χ0) is 20.2. The minimum absolute atomic E-state index is 0.870. The van der Waals surface area contributed by atoms with Gasteiger partial charge in [0, 0.05) is 47.4 Å². The topological polar surface area (TPSA) is 44.0 Å². The monoisotopic (exact) mass is 401 g/mol. The van der Waals surface area contributed by atoms with Crippen molar-refractivity contribution in [3.8, 4) is 0 Å². The number of morpholine rings is 1. The Morgan fingerprint density at radius 2 is 1.57 bits per heavy atom. The van der Waals surface area contributed by atoms with Crippen LogP contribution < -0.4 is 0 Å². The van der Waals surface area contributed by atoms with Crippen molar-refractivity contribution < 1.29 is 4.74 Å². The smallest absolute Gasteiger partial charge is 0.0594 e. The highest BCUT2D eigenvalue weighted by molar-refractivity contribution is 5.84. The summed E-state index contributed by atoms with van der Waals surface area (Å²) in [6.45, 7) is 4.97. The third kappa shape index (κ3) is 4.30. The molecule has 1 fully saturated rings. The molecule has 1 aliphatic rings.